The largest absolute Gasteiger partial charge is 0.446 e. The number of hydrogen-bond donors (Lipinski definition) is 1. The number of hydrogen-bond acceptors (Lipinski definition) is 8. The zero-order chi connectivity index (χ0) is 45.0. The number of carbonyl (C=O) groups excluding carboxylic acids is 6. The van der Waals surface area contributed by atoms with E-state index in [1.54, 1.807) is 23.3 Å². The zero-order valence-corrected chi connectivity index (χ0v) is 38.0. The Kier molecular flexibility index (Phi) is 12.0. The van der Waals surface area contributed by atoms with Crippen molar-refractivity contribution in [1.82, 2.24) is 19.4 Å². The highest BCUT2D eigenvalue weighted by Gasteiger charge is 2.54. The van der Waals surface area contributed by atoms with Gasteiger partial charge in [0.15, 0.2) is 5.78 Å². The smallest absolute Gasteiger partial charge is 0.410 e. The van der Waals surface area contributed by atoms with Crippen molar-refractivity contribution in [3.63, 3.8) is 0 Å². The maximum Gasteiger partial charge on any atom is 0.410 e. The minimum atomic E-state index is -0.922. The molecule has 65 heavy (non-hydrogen) atoms. The molecular weight excluding hydrogens is 821 g/mol. The Morgan fingerprint density at radius 1 is 0.692 bits per heavy atom. The lowest BCUT2D eigenvalue weighted by molar-refractivity contribution is -0.191. The monoisotopic (exact) mass is 884 g/mol. The van der Waals surface area contributed by atoms with E-state index in [1.165, 1.54) is 80.7 Å². The van der Waals surface area contributed by atoms with Crippen LogP contribution >= 0.6 is 0 Å². The molecule has 2 aromatic heterocycles. The van der Waals surface area contributed by atoms with Crippen LogP contribution in [0.2, 0.25) is 0 Å². The molecule has 4 aromatic rings. The van der Waals surface area contributed by atoms with Gasteiger partial charge in [0.25, 0.3) is 0 Å². The summed E-state index contributed by atoms with van der Waals surface area (Å²) >= 11 is 0. The van der Waals surface area contributed by atoms with Crippen molar-refractivity contribution >= 4 is 51.8 Å². The van der Waals surface area contributed by atoms with Gasteiger partial charge in [-0.15, -0.1) is 0 Å². The first-order valence-corrected chi connectivity index (χ1v) is 24.6. The van der Waals surface area contributed by atoms with E-state index in [-0.39, 0.29) is 48.3 Å². The number of likely N-dealkylation sites (tertiary alicyclic amines) is 2. The highest BCUT2D eigenvalue weighted by molar-refractivity contribution is 5.96. The predicted molar refractivity (Wildman–Crippen MR) is 243 cm³/mol. The van der Waals surface area contributed by atoms with Gasteiger partial charge in [0.2, 0.25) is 5.91 Å². The number of fused-ring (bicyclic) bond motifs is 2. The normalized spacial score (nSPS) is 33.6. The van der Waals surface area contributed by atoms with Gasteiger partial charge in [0.05, 0.1) is 5.52 Å². The van der Waals surface area contributed by atoms with Crippen LogP contribution in [0.15, 0.2) is 60.9 Å². The van der Waals surface area contributed by atoms with E-state index in [0.29, 0.717) is 43.1 Å². The fourth-order valence-electron chi connectivity index (χ4n) is 15.1. The Balaban J connectivity index is 0.000000147. The van der Waals surface area contributed by atoms with Crippen LogP contribution in [0.1, 0.15) is 120 Å². The second-order valence-corrected chi connectivity index (χ2v) is 21.3. The van der Waals surface area contributed by atoms with Gasteiger partial charge in [-0.25, -0.2) is 9.59 Å². The standard InChI is InChI=1S/C28H34N2O4.C24H30N2O2.CO2/c1-17(31)28(15-23-16-29(18(2)32)25-7-4-3-6-24(23)25)8-5-9-30(28)27(33)34-26-21-11-19-10-20(13-21)14-22(26)12-19;27-24(28-23-17-9-15-8-16(11-17)12-18(23)10-15)26-7-3-4-20(26)13-19-14-25-22-6-2-1-5-21(19)22;2-1-3/h3-4,6-7,16,19-22,26H,5,8-15H2,1-2H3;1-2,5-6,14-18,20,23,25H,3-4,7-13H2;. The number of amides is 2. The van der Waals surface area contributed by atoms with Crippen LogP contribution in [0.5, 0.6) is 0 Å². The molecule has 0 spiro atoms. The summed E-state index contributed by atoms with van der Waals surface area (Å²) in [5.41, 5.74) is 3.34. The Labute approximate surface area is 381 Å². The van der Waals surface area contributed by atoms with Crippen LogP contribution in [0.25, 0.3) is 21.8 Å². The molecular formula is C53H64N4O8. The third-order valence-corrected chi connectivity index (χ3v) is 17.5. The summed E-state index contributed by atoms with van der Waals surface area (Å²) in [6.07, 6.45) is 21.7. The second-order valence-electron chi connectivity index (χ2n) is 21.3. The molecule has 10 aliphatic rings. The van der Waals surface area contributed by atoms with E-state index in [9.17, 15) is 19.2 Å². The summed E-state index contributed by atoms with van der Waals surface area (Å²) in [6.45, 7) is 4.52. The number of carbonyl (C=O) groups is 4. The number of rotatable bonds is 7. The molecule has 14 rings (SSSR count). The quantitative estimate of drug-likeness (QED) is 0.193. The lowest BCUT2D eigenvalue weighted by Crippen LogP contribution is -2.56. The number of Topliss-reactive ketones (excluding diaryl/α,β-unsaturated/α-hetero) is 1. The van der Waals surface area contributed by atoms with Gasteiger partial charge in [0.1, 0.15) is 17.7 Å². The van der Waals surface area contributed by atoms with Gasteiger partial charge in [-0.1, -0.05) is 36.4 Å². The van der Waals surface area contributed by atoms with Crippen molar-refractivity contribution in [3.05, 3.63) is 72.1 Å². The van der Waals surface area contributed by atoms with Crippen molar-refractivity contribution in [2.75, 3.05) is 13.1 Å². The summed E-state index contributed by atoms with van der Waals surface area (Å²) < 4.78 is 14.1. The molecule has 12 nitrogen and oxygen atoms in total. The Morgan fingerprint density at radius 3 is 1.83 bits per heavy atom. The minimum absolute atomic E-state index is 0.00480. The van der Waals surface area contributed by atoms with Crippen molar-refractivity contribution in [3.8, 4) is 0 Å². The molecule has 2 atom stereocenters. The van der Waals surface area contributed by atoms with E-state index in [2.05, 4.69) is 35.4 Å². The van der Waals surface area contributed by atoms with Gasteiger partial charge in [0, 0.05) is 61.2 Å². The zero-order valence-electron chi connectivity index (χ0n) is 38.0. The van der Waals surface area contributed by atoms with Crippen molar-refractivity contribution in [1.29, 1.82) is 0 Å². The first-order valence-electron chi connectivity index (χ1n) is 24.6. The van der Waals surface area contributed by atoms with Gasteiger partial charge in [-0.05, 0) is 174 Å². The van der Waals surface area contributed by atoms with E-state index < -0.39 is 5.54 Å². The van der Waals surface area contributed by atoms with Gasteiger partial charge in [-0.3, -0.25) is 19.1 Å². The topological polar surface area (TPSA) is 148 Å². The van der Waals surface area contributed by atoms with E-state index in [1.807, 2.05) is 35.4 Å². The lowest BCUT2D eigenvalue weighted by atomic mass is 9.55. The number of ether oxygens (including phenoxy) is 2. The van der Waals surface area contributed by atoms with Crippen molar-refractivity contribution < 1.29 is 38.2 Å². The predicted octanol–water partition coefficient (Wildman–Crippen LogP) is 9.78. The van der Waals surface area contributed by atoms with Crippen LogP contribution in [-0.2, 0) is 36.7 Å². The first kappa shape index (κ1) is 43.7. The third-order valence-electron chi connectivity index (χ3n) is 17.5. The highest BCUT2D eigenvalue weighted by atomic mass is 16.6. The number of para-hydroxylation sites is 2. The van der Waals surface area contributed by atoms with Crippen LogP contribution in [0.4, 0.5) is 9.59 Å². The van der Waals surface area contributed by atoms with Crippen LogP contribution in [0, 0.1) is 47.3 Å². The number of nitrogens with zero attached hydrogens (tertiary/aromatic N) is 3. The van der Waals surface area contributed by atoms with Crippen LogP contribution in [-0.4, -0.2) is 86.3 Å². The summed E-state index contributed by atoms with van der Waals surface area (Å²) in [7, 11) is 0. The molecule has 10 fully saturated rings. The number of aromatic nitrogens is 2. The molecule has 2 unspecified atom stereocenters. The number of benzene rings is 2. The second kappa shape index (κ2) is 17.9. The molecule has 2 aromatic carbocycles. The SMILES string of the molecule is CC(=O)n1cc(CC2(C(C)=O)CCCN2C(=O)OC2C3CC4CC(C3)CC2C4)c2ccccc21.O=C(OC1C2CC3CC(C2)CC1C3)N1CCCC1Cc1c[nH]c2ccccc12.O=C=O. The van der Waals surface area contributed by atoms with Crippen molar-refractivity contribution in [2.24, 2.45) is 47.3 Å². The molecule has 4 heterocycles. The summed E-state index contributed by atoms with van der Waals surface area (Å²) in [5, 5.41) is 2.24. The molecule has 2 amide bonds. The van der Waals surface area contributed by atoms with Crippen LogP contribution < -0.4 is 0 Å². The Morgan fingerprint density at radius 2 is 1.25 bits per heavy atom. The average Bonchev–Trinajstić information content (AvgIpc) is 4.10. The molecule has 12 heteroatoms. The maximum absolute atomic E-state index is 13.6. The first-order chi connectivity index (χ1) is 31.5. The van der Waals surface area contributed by atoms with Gasteiger partial charge in [-0.2, -0.15) is 9.59 Å². The van der Waals surface area contributed by atoms with Crippen LogP contribution in [0.3, 0.4) is 0 Å². The molecule has 8 saturated carbocycles. The van der Waals surface area contributed by atoms with E-state index in [4.69, 9.17) is 19.1 Å². The van der Waals surface area contributed by atoms with Gasteiger partial charge < -0.3 is 19.4 Å². The summed E-state index contributed by atoms with van der Waals surface area (Å²) in [6, 6.07) is 16.5. The summed E-state index contributed by atoms with van der Waals surface area (Å²) in [5.74, 6) is 5.64. The molecule has 1 N–H and O–H groups in total. The third kappa shape index (κ3) is 8.23. The maximum atomic E-state index is 13.6. The number of ketones is 1. The fraction of sp³-hybridized carbons (Fsp3) is 0.604. The van der Waals surface area contributed by atoms with Gasteiger partial charge >= 0.3 is 18.3 Å². The molecule has 2 aliphatic heterocycles. The molecule has 344 valence electrons. The number of aromatic amines is 1. The fourth-order valence-corrected chi connectivity index (χ4v) is 15.1. The van der Waals surface area contributed by atoms with Crippen molar-refractivity contribution in [2.45, 2.75) is 140 Å². The number of H-pyrrole nitrogens is 1. The summed E-state index contributed by atoms with van der Waals surface area (Å²) in [4.78, 5) is 75.6. The molecule has 8 bridgehead atoms. The highest BCUT2D eigenvalue weighted by Crippen LogP contribution is 2.56. The molecule has 2 saturated heterocycles. The lowest BCUT2D eigenvalue weighted by Gasteiger charge is -2.53. The van der Waals surface area contributed by atoms with E-state index in [0.717, 1.165) is 72.4 Å². The molecule has 8 aliphatic carbocycles. The molecule has 0 radical (unpaired) electrons. The van der Waals surface area contributed by atoms with E-state index >= 15 is 0 Å². The Hall–Kier alpha value is -5.22. The minimum Gasteiger partial charge on any atom is -0.446 e. The number of nitrogens with one attached hydrogen (secondary N) is 1. The average molecular weight is 885 g/mol. The Bertz CT molecular complexity index is 2430.